The maximum absolute atomic E-state index is 12.1. The van der Waals surface area contributed by atoms with E-state index in [9.17, 15) is 9.59 Å². The van der Waals surface area contributed by atoms with Gasteiger partial charge in [0, 0.05) is 6.61 Å². The summed E-state index contributed by atoms with van der Waals surface area (Å²) in [4.78, 5) is 23.8. The van der Waals surface area contributed by atoms with E-state index in [4.69, 9.17) is 9.16 Å². The Kier molecular flexibility index (Phi) is 5.50. The predicted molar refractivity (Wildman–Crippen MR) is 95.0 cm³/mol. The number of hydrogen-bond donors (Lipinski definition) is 1. The van der Waals surface area contributed by atoms with Gasteiger partial charge in [-0.3, -0.25) is 4.79 Å². The smallest absolute Gasteiger partial charge is 0.340 e. The van der Waals surface area contributed by atoms with Gasteiger partial charge in [-0.05, 0) is 36.7 Å². The summed E-state index contributed by atoms with van der Waals surface area (Å²) < 4.78 is 11.5. The van der Waals surface area contributed by atoms with Gasteiger partial charge in [-0.2, -0.15) is 0 Å². The van der Waals surface area contributed by atoms with Gasteiger partial charge < -0.3 is 14.5 Å². The van der Waals surface area contributed by atoms with Gasteiger partial charge in [0.15, 0.2) is 14.5 Å². The molecule has 1 fully saturated rings. The minimum Gasteiger partial charge on any atom is -0.437 e. The van der Waals surface area contributed by atoms with Crippen molar-refractivity contribution in [3.8, 4) is 0 Å². The molecule has 1 amide bonds. The van der Waals surface area contributed by atoms with E-state index in [1.54, 1.807) is 24.3 Å². The van der Waals surface area contributed by atoms with Crippen LogP contribution in [0.25, 0.3) is 0 Å². The highest BCUT2D eigenvalue weighted by Gasteiger charge is 2.43. The van der Waals surface area contributed by atoms with E-state index in [0.717, 1.165) is 0 Å². The van der Waals surface area contributed by atoms with Crippen LogP contribution in [-0.4, -0.2) is 33.0 Å². The topological polar surface area (TPSA) is 64.6 Å². The first kappa shape index (κ1) is 18.7. The number of β-lactam (4-membered cyclic amide) rings is 1. The first-order valence-corrected chi connectivity index (χ1v) is 11.2. The highest BCUT2D eigenvalue weighted by Crippen LogP contribution is 2.37. The summed E-state index contributed by atoms with van der Waals surface area (Å²) in [6.07, 6.45) is -0.00124. The first-order valence-electron chi connectivity index (χ1n) is 8.32. The molecule has 6 heteroatoms. The lowest BCUT2D eigenvalue weighted by Crippen LogP contribution is -2.60. The Hall–Kier alpha value is -1.66. The molecule has 2 unspecified atom stereocenters. The molecule has 5 nitrogen and oxygen atoms in total. The number of hydrogen-bond acceptors (Lipinski definition) is 4. The van der Waals surface area contributed by atoms with Crippen LogP contribution in [0.4, 0.5) is 0 Å². The second-order valence-corrected chi connectivity index (χ2v) is 12.5. The maximum atomic E-state index is 12.1. The predicted octanol–water partition coefficient (Wildman–Crippen LogP) is 3.33. The fourth-order valence-corrected chi connectivity index (χ4v) is 3.26. The quantitative estimate of drug-likeness (QED) is 0.486. The van der Waals surface area contributed by atoms with Gasteiger partial charge >= 0.3 is 5.97 Å². The van der Waals surface area contributed by atoms with Crippen molar-refractivity contribution in [3.63, 3.8) is 0 Å². The molecular weight excluding hydrogens is 322 g/mol. The Morgan fingerprint density at radius 2 is 1.83 bits per heavy atom. The normalized spacial score (nSPS) is 21.0. The summed E-state index contributed by atoms with van der Waals surface area (Å²) in [5, 5.41) is 2.78. The highest BCUT2D eigenvalue weighted by atomic mass is 28.4. The molecule has 1 aliphatic rings. The van der Waals surface area contributed by atoms with Crippen molar-refractivity contribution in [2.75, 3.05) is 6.61 Å². The Morgan fingerprint density at radius 1 is 1.21 bits per heavy atom. The third kappa shape index (κ3) is 4.24. The third-order valence-corrected chi connectivity index (χ3v) is 9.47. The van der Waals surface area contributed by atoms with Gasteiger partial charge in [0.2, 0.25) is 5.91 Å². The van der Waals surface area contributed by atoms with Crippen LogP contribution in [0.15, 0.2) is 30.3 Å². The number of carbonyl (C=O) groups is 2. The van der Waals surface area contributed by atoms with E-state index in [1.165, 1.54) is 0 Å². The van der Waals surface area contributed by atoms with Crippen LogP contribution in [0.2, 0.25) is 18.1 Å². The molecule has 1 aromatic carbocycles. The van der Waals surface area contributed by atoms with E-state index in [1.807, 2.05) is 6.07 Å². The summed E-state index contributed by atoms with van der Waals surface area (Å²) in [5.41, 5.74) is 0.481. The lowest BCUT2D eigenvalue weighted by atomic mass is 9.95. The van der Waals surface area contributed by atoms with Crippen LogP contribution in [0.3, 0.4) is 0 Å². The van der Waals surface area contributed by atoms with Gasteiger partial charge in [0.1, 0.15) is 0 Å². The summed E-state index contributed by atoms with van der Waals surface area (Å²) in [6, 6.07) is 8.78. The van der Waals surface area contributed by atoms with E-state index >= 15 is 0 Å². The molecule has 0 aromatic heterocycles. The summed E-state index contributed by atoms with van der Waals surface area (Å²) >= 11 is 0. The number of esters is 1. The second-order valence-electron chi connectivity index (χ2n) is 7.70. The number of amides is 1. The number of benzene rings is 1. The molecule has 2 rings (SSSR count). The van der Waals surface area contributed by atoms with Crippen LogP contribution in [-0.2, 0) is 14.0 Å². The van der Waals surface area contributed by atoms with Crippen molar-refractivity contribution >= 4 is 20.2 Å². The molecule has 1 aliphatic heterocycles. The minimum atomic E-state index is -1.83. The zero-order valence-corrected chi connectivity index (χ0v) is 16.1. The summed E-state index contributed by atoms with van der Waals surface area (Å²) in [6.45, 7) is 11.4. The van der Waals surface area contributed by atoms with Crippen LogP contribution in [0.1, 0.15) is 37.6 Å². The fourth-order valence-electron chi connectivity index (χ4n) is 2.20. The number of ether oxygens (including phenoxy) is 1. The molecule has 0 saturated carbocycles. The first-order chi connectivity index (χ1) is 11.1. The molecule has 0 radical (unpaired) electrons. The SMILES string of the molecule is CC(C)(C)[Si](C)(C)OCCC1C(=O)NC1OC(=O)c1ccccc1. The van der Waals surface area contributed by atoms with E-state index in [0.29, 0.717) is 18.6 Å². The Labute approximate surface area is 144 Å². The highest BCUT2D eigenvalue weighted by molar-refractivity contribution is 6.74. The van der Waals surface area contributed by atoms with Crippen molar-refractivity contribution in [3.05, 3.63) is 35.9 Å². The molecule has 132 valence electrons. The zero-order valence-electron chi connectivity index (χ0n) is 15.1. The van der Waals surface area contributed by atoms with Crippen LogP contribution >= 0.6 is 0 Å². The second kappa shape index (κ2) is 7.07. The van der Waals surface area contributed by atoms with Crippen molar-refractivity contribution in [2.24, 2.45) is 5.92 Å². The molecule has 1 saturated heterocycles. The largest absolute Gasteiger partial charge is 0.437 e. The molecular formula is C18H27NO4Si. The molecule has 0 spiro atoms. The molecule has 0 aliphatic carbocycles. The molecule has 24 heavy (non-hydrogen) atoms. The minimum absolute atomic E-state index is 0.0836. The standard InChI is InChI=1S/C18H27NO4Si/c1-18(2,3)24(4,5)22-12-11-14-15(20)19-16(14)23-17(21)13-9-7-6-8-10-13/h6-10,14,16H,11-12H2,1-5H3,(H,19,20). The maximum Gasteiger partial charge on any atom is 0.340 e. The van der Waals surface area contributed by atoms with Crippen LogP contribution < -0.4 is 5.32 Å². The average Bonchev–Trinajstić information content (AvgIpc) is 2.50. The number of carbonyl (C=O) groups excluding carboxylic acids is 2. The number of rotatable bonds is 6. The summed E-state index contributed by atoms with van der Waals surface area (Å²) in [7, 11) is -1.83. The zero-order chi connectivity index (χ0) is 18.0. The van der Waals surface area contributed by atoms with Gasteiger partial charge in [-0.25, -0.2) is 4.79 Å². The lowest BCUT2D eigenvalue weighted by molar-refractivity contribution is -0.148. The monoisotopic (exact) mass is 349 g/mol. The van der Waals surface area contributed by atoms with E-state index < -0.39 is 20.5 Å². The van der Waals surface area contributed by atoms with Gasteiger partial charge in [0.25, 0.3) is 0 Å². The van der Waals surface area contributed by atoms with Crippen LogP contribution in [0, 0.1) is 5.92 Å². The van der Waals surface area contributed by atoms with Gasteiger partial charge in [-0.15, -0.1) is 0 Å². The van der Waals surface area contributed by atoms with Crippen molar-refractivity contribution in [1.82, 2.24) is 5.32 Å². The molecule has 1 aromatic rings. The summed E-state index contributed by atoms with van der Waals surface area (Å²) in [5.74, 6) is -0.835. The van der Waals surface area contributed by atoms with Crippen LogP contribution in [0.5, 0.6) is 0 Å². The lowest BCUT2D eigenvalue weighted by Gasteiger charge is -2.39. The Bertz CT molecular complexity index is 595. The van der Waals surface area contributed by atoms with Crippen molar-refractivity contribution in [1.29, 1.82) is 0 Å². The van der Waals surface area contributed by atoms with Crippen molar-refractivity contribution in [2.45, 2.75) is 51.6 Å². The van der Waals surface area contributed by atoms with Gasteiger partial charge in [-0.1, -0.05) is 39.0 Å². The Balaban J connectivity index is 1.85. The van der Waals surface area contributed by atoms with Gasteiger partial charge in [0.05, 0.1) is 11.5 Å². The third-order valence-electron chi connectivity index (χ3n) is 4.93. The van der Waals surface area contributed by atoms with Crippen molar-refractivity contribution < 1.29 is 18.8 Å². The number of nitrogens with one attached hydrogen (secondary N) is 1. The fraction of sp³-hybridized carbons (Fsp3) is 0.556. The van der Waals surface area contributed by atoms with E-state index in [-0.39, 0.29) is 16.9 Å². The van der Waals surface area contributed by atoms with E-state index in [2.05, 4.69) is 39.2 Å². The molecule has 1 heterocycles. The Morgan fingerprint density at radius 3 is 2.38 bits per heavy atom. The molecule has 0 bridgehead atoms. The molecule has 1 N–H and O–H groups in total. The average molecular weight is 350 g/mol. The molecule has 2 atom stereocenters.